The fourth-order valence-corrected chi connectivity index (χ4v) is 4.51. The number of halogens is 1. The molecular weight excluding hydrogens is 444 g/mol. The first kappa shape index (κ1) is 22.9. The normalized spacial score (nSPS) is 20.2. The molecule has 2 aromatic rings. The van der Waals surface area contributed by atoms with Crippen molar-refractivity contribution in [3.05, 3.63) is 47.1 Å². The average Bonchev–Trinajstić information content (AvgIpc) is 2.99. The highest BCUT2D eigenvalue weighted by atomic mass is 79.9. The van der Waals surface area contributed by atoms with E-state index in [9.17, 15) is 4.79 Å². The fourth-order valence-electron chi connectivity index (χ4n) is 4.51. The molecule has 0 N–H and O–H groups in total. The Kier molecular flexibility index (Phi) is 7.34. The van der Waals surface area contributed by atoms with Crippen molar-refractivity contribution in [3.63, 3.8) is 0 Å². The lowest BCUT2D eigenvalue weighted by atomic mass is 9.71. The zero-order valence-electron chi connectivity index (χ0n) is 18.3. The summed E-state index contributed by atoms with van der Waals surface area (Å²) in [6, 6.07) is 6.02. The Hall–Kier alpha value is -1.73. The minimum Gasteiger partial charge on any atom is -0.360 e. The first-order valence-corrected chi connectivity index (χ1v) is 10.8. The maximum Gasteiger partial charge on any atom is 0.276 e. The number of amides is 1. The predicted octanol–water partition coefficient (Wildman–Crippen LogP) is 4.15. The van der Waals surface area contributed by atoms with Gasteiger partial charge in [0.05, 0.1) is 5.69 Å². The summed E-state index contributed by atoms with van der Waals surface area (Å²) in [5, 5.41) is 4.22. The van der Waals surface area contributed by atoms with Crippen LogP contribution < -0.4 is 0 Å². The maximum atomic E-state index is 13.3. The summed E-state index contributed by atoms with van der Waals surface area (Å²) >= 11 is 0. The van der Waals surface area contributed by atoms with Crippen molar-refractivity contribution in [1.82, 2.24) is 19.9 Å². The fraction of sp³-hybridized carbons (Fsp3) is 0.609. The molecule has 2 aromatic heterocycles. The van der Waals surface area contributed by atoms with Crippen LogP contribution in [0.4, 0.5) is 0 Å². The third-order valence-corrected chi connectivity index (χ3v) is 6.45. The molecule has 6 nitrogen and oxygen atoms in total. The minimum atomic E-state index is 0. The molecule has 1 amide bonds. The van der Waals surface area contributed by atoms with Crippen molar-refractivity contribution in [2.45, 2.75) is 53.0 Å². The van der Waals surface area contributed by atoms with Crippen molar-refractivity contribution in [1.29, 1.82) is 0 Å². The standard InChI is InChI=1S/C23H32N4O2.BrH/c1-23(2,3)17-8-9-20-19(15-17)21(25-29-20)22(28)27-12-6-11-26(13-14-27)16-18-7-4-5-10-24-18;/h4-5,7,10,17H,6,8-9,11-16H2,1-3H3;1H. The van der Waals surface area contributed by atoms with Gasteiger partial charge in [-0.05, 0) is 42.7 Å². The molecular formula is C23H33BrN4O2. The van der Waals surface area contributed by atoms with Gasteiger partial charge >= 0.3 is 0 Å². The van der Waals surface area contributed by atoms with Gasteiger partial charge in [0.15, 0.2) is 5.69 Å². The summed E-state index contributed by atoms with van der Waals surface area (Å²) in [5.74, 6) is 1.50. The molecule has 164 valence electrons. The topological polar surface area (TPSA) is 62.5 Å². The van der Waals surface area contributed by atoms with Gasteiger partial charge in [-0.15, -0.1) is 17.0 Å². The first-order chi connectivity index (χ1) is 13.9. The lowest BCUT2D eigenvalue weighted by Gasteiger charge is -2.33. The lowest BCUT2D eigenvalue weighted by molar-refractivity contribution is 0.0749. The van der Waals surface area contributed by atoms with Gasteiger partial charge in [0.25, 0.3) is 5.91 Å². The van der Waals surface area contributed by atoms with Crippen LogP contribution in [0.15, 0.2) is 28.9 Å². The quantitative estimate of drug-likeness (QED) is 0.665. The van der Waals surface area contributed by atoms with Crippen LogP contribution in [-0.4, -0.2) is 52.0 Å². The largest absolute Gasteiger partial charge is 0.360 e. The van der Waals surface area contributed by atoms with E-state index in [1.54, 1.807) is 0 Å². The van der Waals surface area contributed by atoms with E-state index in [4.69, 9.17) is 4.52 Å². The van der Waals surface area contributed by atoms with Crippen LogP contribution >= 0.6 is 17.0 Å². The van der Waals surface area contributed by atoms with Gasteiger partial charge in [-0.25, -0.2) is 0 Å². The average molecular weight is 477 g/mol. The molecule has 7 heteroatoms. The molecule has 1 aliphatic carbocycles. The van der Waals surface area contributed by atoms with Crippen LogP contribution in [0.1, 0.15) is 61.1 Å². The third-order valence-electron chi connectivity index (χ3n) is 6.45. The van der Waals surface area contributed by atoms with Crippen molar-refractivity contribution >= 4 is 22.9 Å². The summed E-state index contributed by atoms with van der Waals surface area (Å²) in [4.78, 5) is 22.0. The SMILES string of the molecule is Br.CC(C)(C)C1CCc2onc(C(=O)N3CCCN(Cc4ccccn4)CC3)c2C1. The van der Waals surface area contributed by atoms with Crippen LogP contribution in [0, 0.1) is 11.3 Å². The van der Waals surface area contributed by atoms with E-state index in [1.807, 2.05) is 23.2 Å². The molecule has 0 aromatic carbocycles. The number of aryl methyl sites for hydroxylation is 1. The van der Waals surface area contributed by atoms with E-state index >= 15 is 0 Å². The van der Waals surface area contributed by atoms with E-state index in [0.717, 1.165) is 75.4 Å². The van der Waals surface area contributed by atoms with Crippen molar-refractivity contribution < 1.29 is 9.32 Å². The monoisotopic (exact) mass is 476 g/mol. The Labute approximate surface area is 189 Å². The third kappa shape index (κ3) is 5.11. The molecule has 0 radical (unpaired) electrons. The Morgan fingerprint density at radius 1 is 1.20 bits per heavy atom. The second-order valence-corrected chi connectivity index (χ2v) is 9.48. The highest BCUT2D eigenvalue weighted by molar-refractivity contribution is 8.93. The van der Waals surface area contributed by atoms with E-state index in [1.165, 1.54) is 0 Å². The number of hydrogen-bond acceptors (Lipinski definition) is 5. The summed E-state index contributed by atoms with van der Waals surface area (Å²) in [7, 11) is 0. The van der Waals surface area contributed by atoms with Crippen molar-refractivity contribution in [3.8, 4) is 0 Å². The lowest BCUT2D eigenvalue weighted by Crippen LogP contribution is -2.36. The second-order valence-electron chi connectivity index (χ2n) is 9.48. The predicted molar refractivity (Wildman–Crippen MR) is 122 cm³/mol. The first-order valence-electron chi connectivity index (χ1n) is 10.8. The molecule has 0 spiro atoms. The van der Waals surface area contributed by atoms with Crippen LogP contribution in [0.3, 0.4) is 0 Å². The maximum absolute atomic E-state index is 13.3. The summed E-state index contributed by atoms with van der Waals surface area (Å²) in [6.07, 6.45) is 5.68. The number of carbonyl (C=O) groups is 1. The number of rotatable bonds is 3. The minimum absolute atomic E-state index is 0. The summed E-state index contributed by atoms with van der Waals surface area (Å²) in [6.45, 7) is 11.0. The number of aromatic nitrogens is 2. The van der Waals surface area contributed by atoms with Gasteiger partial charge in [0.1, 0.15) is 5.76 Å². The number of pyridine rings is 1. The molecule has 1 unspecified atom stereocenters. The van der Waals surface area contributed by atoms with Crippen molar-refractivity contribution in [2.75, 3.05) is 26.2 Å². The summed E-state index contributed by atoms with van der Waals surface area (Å²) < 4.78 is 5.58. The molecule has 30 heavy (non-hydrogen) atoms. The second kappa shape index (κ2) is 9.60. The number of fused-ring (bicyclic) bond motifs is 1. The molecule has 2 aliphatic rings. The van der Waals surface area contributed by atoms with Crippen LogP contribution in [0.2, 0.25) is 0 Å². The Morgan fingerprint density at radius 2 is 2.03 bits per heavy atom. The van der Waals surface area contributed by atoms with E-state index in [2.05, 4.69) is 41.9 Å². The molecule has 4 rings (SSSR count). The molecule has 0 saturated carbocycles. The highest BCUT2D eigenvalue weighted by Gasteiger charge is 2.35. The highest BCUT2D eigenvalue weighted by Crippen LogP contribution is 2.38. The van der Waals surface area contributed by atoms with Gasteiger partial charge in [-0.2, -0.15) is 0 Å². The molecule has 1 atom stereocenters. The van der Waals surface area contributed by atoms with Gasteiger partial charge in [0.2, 0.25) is 0 Å². The zero-order valence-corrected chi connectivity index (χ0v) is 20.0. The van der Waals surface area contributed by atoms with E-state index in [-0.39, 0.29) is 28.3 Å². The number of hydrogen-bond donors (Lipinski definition) is 0. The van der Waals surface area contributed by atoms with Crippen molar-refractivity contribution in [2.24, 2.45) is 11.3 Å². The van der Waals surface area contributed by atoms with Crippen LogP contribution in [0.5, 0.6) is 0 Å². The molecule has 3 heterocycles. The molecule has 1 aliphatic heterocycles. The Morgan fingerprint density at radius 3 is 2.77 bits per heavy atom. The van der Waals surface area contributed by atoms with E-state index < -0.39 is 0 Å². The molecule has 1 fully saturated rings. The Balaban J connectivity index is 0.00000256. The number of carbonyl (C=O) groups excluding carboxylic acids is 1. The molecule has 0 bridgehead atoms. The van der Waals surface area contributed by atoms with Crippen LogP contribution in [0.25, 0.3) is 0 Å². The van der Waals surface area contributed by atoms with Gasteiger partial charge in [-0.1, -0.05) is 32.0 Å². The zero-order chi connectivity index (χ0) is 20.4. The Bertz CT molecular complexity index is 847. The molecule has 1 saturated heterocycles. The van der Waals surface area contributed by atoms with Gasteiger partial charge in [-0.3, -0.25) is 14.7 Å². The number of nitrogens with zero attached hydrogens (tertiary/aromatic N) is 4. The smallest absolute Gasteiger partial charge is 0.276 e. The van der Waals surface area contributed by atoms with Gasteiger partial charge in [0, 0.05) is 50.9 Å². The summed E-state index contributed by atoms with van der Waals surface area (Å²) in [5.41, 5.74) is 2.90. The van der Waals surface area contributed by atoms with E-state index in [0.29, 0.717) is 11.6 Å². The van der Waals surface area contributed by atoms with Crippen LogP contribution in [-0.2, 0) is 19.4 Å². The van der Waals surface area contributed by atoms with Gasteiger partial charge < -0.3 is 9.42 Å².